The molecule has 0 spiro atoms. The third-order valence-electron chi connectivity index (χ3n) is 12.9. The Bertz CT molecular complexity index is 3560. The van der Waals surface area contributed by atoms with Crippen molar-refractivity contribution in [3.8, 4) is 44.5 Å². The zero-order chi connectivity index (χ0) is 38.6. The zero-order valence-corrected chi connectivity index (χ0v) is 32.2. The Morgan fingerprint density at radius 1 is 0.237 bits per heavy atom. The molecule has 0 amide bonds. The van der Waals surface area contributed by atoms with Gasteiger partial charge in [0.2, 0.25) is 0 Å². The summed E-state index contributed by atoms with van der Waals surface area (Å²) in [4.78, 5) is 0. The van der Waals surface area contributed by atoms with Crippen molar-refractivity contribution in [2.45, 2.75) is 0 Å². The second-order valence-electron chi connectivity index (χ2n) is 16.0. The van der Waals surface area contributed by atoms with Crippen LogP contribution in [-0.4, -0.2) is 4.40 Å². The monoisotopic (exact) mass is 745 g/mol. The summed E-state index contributed by atoms with van der Waals surface area (Å²) in [6.07, 6.45) is 0. The largest absolute Gasteiger partial charge is 0.308 e. The highest BCUT2D eigenvalue weighted by molar-refractivity contribution is 6.28. The van der Waals surface area contributed by atoms with Crippen molar-refractivity contribution in [1.82, 2.24) is 4.40 Å². The predicted molar refractivity (Wildman–Crippen MR) is 253 cm³/mol. The Kier molecular flexibility index (Phi) is 6.79. The van der Waals surface area contributed by atoms with Crippen molar-refractivity contribution in [3.63, 3.8) is 0 Å². The number of hydrogen-bond acceptors (Lipinski definition) is 0. The Morgan fingerprint density at radius 2 is 0.576 bits per heavy atom. The van der Waals surface area contributed by atoms with E-state index in [4.69, 9.17) is 0 Å². The minimum absolute atomic E-state index is 1.22. The summed E-state index contributed by atoms with van der Waals surface area (Å²) in [5.41, 5.74) is 13.7. The van der Waals surface area contributed by atoms with Gasteiger partial charge in [0.05, 0.1) is 16.6 Å². The van der Waals surface area contributed by atoms with E-state index in [1.807, 2.05) is 0 Å². The fraction of sp³-hybridized carbons (Fsp3) is 0. The minimum Gasteiger partial charge on any atom is -0.308 e. The molecule has 0 saturated heterocycles. The third kappa shape index (κ3) is 4.67. The van der Waals surface area contributed by atoms with Crippen LogP contribution in [0.4, 0.5) is 0 Å². The Labute approximate surface area is 341 Å². The fourth-order valence-corrected chi connectivity index (χ4v) is 10.3. The molecule has 0 radical (unpaired) electrons. The van der Waals surface area contributed by atoms with Crippen LogP contribution in [0.5, 0.6) is 0 Å². The van der Waals surface area contributed by atoms with Gasteiger partial charge in [-0.2, -0.15) is 0 Å². The highest BCUT2D eigenvalue weighted by Gasteiger charge is 2.22. The van der Waals surface area contributed by atoms with Gasteiger partial charge in [0.1, 0.15) is 0 Å². The second kappa shape index (κ2) is 12.4. The molecule has 0 aliphatic carbocycles. The molecule has 0 unspecified atom stereocenters. The van der Waals surface area contributed by atoms with Crippen molar-refractivity contribution in [2.24, 2.45) is 0 Å². The summed E-state index contributed by atoms with van der Waals surface area (Å²) in [5, 5.41) is 15.5. The van der Waals surface area contributed by atoms with E-state index in [0.717, 1.165) is 0 Å². The molecule has 0 saturated carbocycles. The van der Waals surface area contributed by atoms with E-state index in [1.165, 1.54) is 126 Å². The van der Waals surface area contributed by atoms with Crippen molar-refractivity contribution >= 4 is 81.2 Å². The lowest BCUT2D eigenvalue weighted by atomic mass is 9.91. The molecule has 0 aliphatic heterocycles. The lowest BCUT2D eigenvalue weighted by molar-refractivity contribution is 1.37. The lowest BCUT2D eigenvalue weighted by Gasteiger charge is -2.12. The first-order valence-electron chi connectivity index (χ1n) is 20.5. The molecule has 0 atom stereocenters. The molecule has 2 heterocycles. The highest BCUT2D eigenvalue weighted by atomic mass is 14.9. The first-order valence-corrected chi connectivity index (χ1v) is 20.5. The molecule has 0 N–H and O–H groups in total. The quantitative estimate of drug-likeness (QED) is 0.158. The maximum atomic E-state index is 2.51. The lowest BCUT2D eigenvalue weighted by Crippen LogP contribution is -1.87. The summed E-state index contributed by atoms with van der Waals surface area (Å²) < 4.78 is 2.51. The van der Waals surface area contributed by atoms with Gasteiger partial charge in [-0.15, -0.1) is 0 Å². The third-order valence-corrected chi connectivity index (χ3v) is 12.9. The van der Waals surface area contributed by atoms with E-state index in [0.29, 0.717) is 0 Å². The maximum Gasteiger partial charge on any atom is 0.0620 e. The molecule has 59 heavy (non-hydrogen) atoms. The van der Waals surface area contributed by atoms with E-state index in [1.54, 1.807) is 0 Å². The van der Waals surface area contributed by atoms with E-state index in [9.17, 15) is 0 Å². The van der Waals surface area contributed by atoms with Crippen LogP contribution >= 0.6 is 0 Å². The van der Waals surface area contributed by atoms with Gasteiger partial charge in [0.15, 0.2) is 0 Å². The minimum atomic E-state index is 1.22. The van der Waals surface area contributed by atoms with Crippen LogP contribution in [0, 0.1) is 0 Å². The van der Waals surface area contributed by atoms with Crippen LogP contribution < -0.4 is 0 Å². The smallest absolute Gasteiger partial charge is 0.0620 e. The Morgan fingerprint density at radius 3 is 1.02 bits per heavy atom. The molecule has 0 aliphatic rings. The normalized spacial score (nSPS) is 12.1. The molecule has 272 valence electrons. The molecule has 13 rings (SSSR count). The zero-order valence-electron chi connectivity index (χ0n) is 32.2. The average molecular weight is 746 g/mol. The van der Waals surface area contributed by atoms with E-state index in [-0.39, 0.29) is 0 Å². The van der Waals surface area contributed by atoms with Gasteiger partial charge in [-0.05, 0) is 112 Å². The molecular formula is C58H35N. The van der Waals surface area contributed by atoms with Gasteiger partial charge in [0, 0.05) is 21.5 Å². The van der Waals surface area contributed by atoms with Crippen LogP contribution in [0.15, 0.2) is 212 Å². The summed E-state index contributed by atoms with van der Waals surface area (Å²) >= 11 is 0. The first kappa shape index (κ1) is 32.4. The van der Waals surface area contributed by atoms with Gasteiger partial charge in [-0.25, -0.2) is 0 Å². The molecule has 11 aromatic carbocycles. The average Bonchev–Trinajstić information content (AvgIpc) is 3.84. The number of rotatable bonds is 4. The predicted octanol–water partition coefficient (Wildman–Crippen LogP) is 16.1. The maximum absolute atomic E-state index is 2.51. The van der Waals surface area contributed by atoms with Crippen molar-refractivity contribution in [2.75, 3.05) is 0 Å². The van der Waals surface area contributed by atoms with Crippen molar-refractivity contribution < 1.29 is 0 Å². The second-order valence-corrected chi connectivity index (χ2v) is 16.0. The molecule has 2 aromatic heterocycles. The van der Waals surface area contributed by atoms with Gasteiger partial charge in [0.25, 0.3) is 0 Å². The van der Waals surface area contributed by atoms with Crippen LogP contribution in [0.25, 0.3) is 126 Å². The van der Waals surface area contributed by atoms with E-state index in [2.05, 4.69) is 217 Å². The summed E-state index contributed by atoms with van der Waals surface area (Å²) in [6.45, 7) is 0. The molecule has 13 aromatic rings. The summed E-state index contributed by atoms with van der Waals surface area (Å²) in [6, 6.07) is 78.6. The Hall–Kier alpha value is -7.74. The van der Waals surface area contributed by atoms with Crippen LogP contribution in [-0.2, 0) is 0 Å². The van der Waals surface area contributed by atoms with E-state index >= 15 is 0 Å². The van der Waals surface area contributed by atoms with Gasteiger partial charge in [-0.1, -0.05) is 188 Å². The molecule has 0 bridgehead atoms. The van der Waals surface area contributed by atoms with Gasteiger partial charge < -0.3 is 4.40 Å². The first-order chi connectivity index (χ1) is 29.3. The van der Waals surface area contributed by atoms with Crippen molar-refractivity contribution in [3.05, 3.63) is 212 Å². The molecule has 1 heteroatoms. The topological polar surface area (TPSA) is 4.41 Å². The summed E-state index contributed by atoms with van der Waals surface area (Å²) in [7, 11) is 0. The SMILES string of the molecule is c1ccc2c(c1)cc(-c1ccc(-c3cccc4c3c3cccc5c6c(-c7ccc(-c8cc9ccccc9c9ccccc89)cc7)cccc6n4c35)cc1)c1ccccc12. The number of para-hydroxylation sites is 1. The number of fused-ring (bicyclic) bond motifs is 12. The van der Waals surface area contributed by atoms with Crippen LogP contribution in [0.2, 0.25) is 0 Å². The molecule has 0 fully saturated rings. The van der Waals surface area contributed by atoms with Crippen molar-refractivity contribution in [1.29, 1.82) is 0 Å². The van der Waals surface area contributed by atoms with Crippen LogP contribution in [0.1, 0.15) is 0 Å². The van der Waals surface area contributed by atoms with Gasteiger partial charge >= 0.3 is 0 Å². The highest BCUT2D eigenvalue weighted by Crippen LogP contribution is 2.46. The number of nitrogens with zero attached hydrogens (tertiary/aromatic N) is 1. The van der Waals surface area contributed by atoms with Gasteiger partial charge in [-0.3, -0.25) is 0 Å². The standard InChI is InChI=1S/C58H35N/c1-3-14-42-40(12-1)34-52(48-18-7-5-16-46(42)48)38-30-26-36(27-31-38)44-20-10-24-54-56(44)50-22-9-23-51-57-45(21-11-25-55(57)59(54)58(50)51)37-28-32-39(33-29-37)53-35-41-13-2-4-15-43(41)47-17-6-8-19-49(47)53/h1-35H. The molecular weight excluding hydrogens is 711 g/mol. The fourth-order valence-electron chi connectivity index (χ4n) is 10.3. The number of benzene rings is 11. The number of hydrogen-bond donors (Lipinski definition) is 0. The van der Waals surface area contributed by atoms with E-state index < -0.39 is 0 Å². The number of aromatic nitrogens is 1. The van der Waals surface area contributed by atoms with Crippen LogP contribution in [0.3, 0.4) is 0 Å². The summed E-state index contributed by atoms with van der Waals surface area (Å²) in [5.74, 6) is 0. The Balaban J connectivity index is 0.937. The molecule has 1 nitrogen and oxygen atoms in total.